The van der Waals surface area contributed by atoms with Crippen LogP contribution in [0.2, 0.25) is 0 Å². The predicted octanol–water partition coefficient (Wildman–Crippen LogP) is 13.2. The molecule has 1 radical (unpaired) electrons. The molecule has 6 nitrogen and oxygen atoms in total. The number of aliphatic hydroxyl groups excluding tert-OH is 1. The average molecular weight is 919 g/mol. The van der Waals surface area contributed by atoms with Crippen molar-refractivity contribution < 1.29 is 34.4 Å². The molecule has 6 rings (SSSR count). The maximum absolute atomic E-state index is 12.2. The standard InChI is InChI=1S/C33H32N3O.C15H28O2.Ir/c1-18(2)14-22-16-23-11-13-27-30(35-21(6)36-31(27)29(23)24(17-22)15-19(3)4)28-9-7-8-25-26-12-10-20(5)34-33(26)37-32(25)28;1-7-14(5,8-2)12(16)11-13(17)15(6,9-3)10-4;/h7-8,10-13,16-19H,14-15H2,1-6H3;11,16H,7-10H2,1-6H3;/q-1;;/b;12-11-;. The van der Waals surface area contributed by atoms with Gasteiger partial charge in [0.1, 0.15) is 11.6 Å². The van der Waals surface area contributed by atoms with Gasteiger partial charge in [-0.3, -0.25) is 9.78 Å². The number of aliphatic hydroxyl groups is 1. The van der Waals surface area contributed by atoms with Gasteiger partial charge in [-0.2, -0.15) is 0 Å². The molecule has 0 unspecified atom stereocenters. The van der Waals surface area contributed by atoms with Gasteiger partial charge in [-0.15, -0.1) is 18.2 Å². The number of furan rings is 1. The summed E-state index contributed by atoms with van der Waals surface area (Å²) >= 11 is 0. The topological polar surface area (TPSA) is 89.1 Å². The number of allylic oxidation sites excluding steroid dienone is 2. The molecule has 6 aromatic rings. The van der Waals surface area contributed by atoms with E-state index in [4.69, 9.17) is 14.4 Å². The number of hydrogen-bond acceptors (Lipinski definition) is 6. The van der Waals surface area contributed by atoms with Crippen LogP contribution in [-0.2, 0) is 37.7 Å². The molecule has 295 valence electrons. The number of benzene rings is 3. The van der Waals surface area contributed by atoms with Gasteiger partial charge in [0.05, 0.1) is 11.1 Å². The van der Waals surface area contributed by atoms with E-state index in [1.807, 2.05) is 73.6 Å². The van der Waals surface area contributed by atoms with E-state index in [9.17, 15) is 9.90 Å². The van der Waals surface area contributed by atoms with Crippen LogP contribution >= 0.6 is 0 Å². The van der Waals surface area contributed by atoms with E-state index in [2.05, 4.69) is 69.1 Å². The number of pyridine rings is 1. The monoisotopic (exact) mass is 919 g/mol. The summed E-state index contributed by atoms with van der Waals surface area (Å²) in [7, 11) is 0. The largest absolute Gasteiger partial charge is 0.512 e. The van der Waals surface area contributed by atoms with Crippen molar-refractivity contribution in [3.63, 3.8) is 0 Å². The molecule has 1 N–H and O–H groups in total. The molecule has 0 atom stereocenters. The molecule has 3 aromatic carbocycles. The number of carbonyl (C=O) groups is 1. The summed E-state index contributed by atoms with van der Waals surface area (Å²) in [5.41, 5.74) is 7.21. The fourth-order valence-corrected chi connectivity index (χ4v) is 7.27. The zero-order valence-corrected chi connectivity index (χ0v) is 37.4. The van der Waals surface area contributed by atoms with Crippen molar-refractivity contribution in [2.45, 2.75) is 122 Å². The first kappa shape index (κ1) is 43.8. The number of nitrogens with zero attached hydrogens (tertiary/aromatic N) is 3. The van der Waals surface area contributed by atoms with E-state index in [0.29, 0.717) is 17.5 Å². The second kappa shape index (κ2) is 17.9. The van der Waals surface area contributed by atoms with Crippen LogP contribution in [0.5, 0.6) is 0 Å². The second-order valence-corrected chi connectivity index (χ2v) is 16.6. The Bertz CT molecular complexity index is 2330. The Kier molecular flexibility index (Phi) is 14.3. The summed E-state index contributed by atoms with van der Waals surface area (Å²) in [6.07, 6.45) is 6.84. The average Bonchev–Trinajstić information content (AvgIpc) is 3.51. The number of carbonyl (C=O) groups excluding carboxylic acids is 1. The quantitative estimate of drug-likeness (QED) is 0.0569. The van der Waals surface area contributed by atoms with E-state index < -0.39 is 0 Å². The van der Waals surface area contributed by atoms with E-state index in [1.165, 1.54) is 28.0 Å². The van der Waals surface area contributed by atoms with Crippen molar-refractivity contribution >= 4 is 49.5 Å². The molecule has 3 aromatic heterocycles. The molecule has 0 spiro atoms. The zero-order chi connectivity index (χ0) is 39.5. The molecule has 0 amide bonds. The van der Waals surface area contributed by atoms with Crippen LogP contribution in [-0.4, -0.2) is 25.8 Å². The van der Waals surface area contributed by atoms with Crippen molar-refractivity contribution in [1.29, 1.82) is 0 Å². The second-order valence-electron chi connectivity index (χ2n) is 16.6. The van der Waals surface area contributed by atoms with Gasteiger partial charge in [0.25, 0.3) is 0 Å². The van der Waals surface area contributed by atoms with Gasteiger partial charge < -0.3 is 9.52 Å². The van der Waals surface area contributed by atoms with E-state index in [-0.39, 0.29) is 42.5 Å². The summed E-state index contributed by atoms with van der Waals surface area (Å²) < 4.78 is 6.32. The smallest absolute Gasteiger partial charge is 0.216 e. The molecule has 7 heteroatoms. The number of hydrogen-bond donors (Lipinski definition) is 1. The summed E-state index contributed by atoms with van der Waals surface area (Å²) in [5.74, 6) is 2.18. The van der Waals surface area contributed by atoms with Crippen LogP contribution in [0, 0.1) is 42.6 Å². The Hall–Kier alpha value is -3.93. The number of fused-ring (bicyclic) bond motifs is 6. The number of aryl methyl sites for hydroxylation is 2. The molecule has 0 bridgehead atoms. The molecule has 0 aliphatic rings. The molecule has 0 saturated carbocycles. The third-order valence-corrected chi connectivity index (χ3v) is 11.6. The number of rotatable bonds is 12. The minimum atomic E-state index is -0.337. The Morgan fingerprint density at radius 3 is 2.07 bits per heavy atom. The Balaban J connectivity index is 0.000000320. The zero-order valence-electron chi connectivity index (χ0n) is 35.0. The Morgan fingerprint density at radius 2 is 1.45 bits per heavy atom. The third kappa shape index (κ3) is 9.21. The summed E-state index contributed by atoms with van der Waals surface area (Å²) in [5, 5.41) is 15.7. The van der Waals surface area contributed by atoms with Crippen LogP contribution in [0.4, 0.5) is 0 Å². The summed E-state index contributed by atoms with van der Waals surface area (Å²) in [6, 6.07) is 20.7. The fraction of sp³-hybridized carbons (Fsp3) is 0.458. The number of aromatic nitrogens is 3. The van der Waals surface area contributed by atoms with Gasteiger partial charge in [-0.1, -0.05) is 104 Å². The SMILES string of the molecule is CCC(C)(CC)C(=O)/C=C(\O)C(C)(CC)CC.Cc1ccc2c(n1)oc1c(-c3nc(C)nc4c3ccc3cc(CC(C)C)cc(CC(C)C)c34)[c-]ccc12.[Ir]. The molecule has 55 heavy (non-hydrogen) atoms. The Labute approximate surface area is 342 Å². The molecule has 0 fully saturated rings. The van der Waals surface area contributed by atoms with Gasteiger partial charge in [0.2, 0.25) is 5.71 Å². The molecular formula is C48H60IrN3O3-. The minimum absolute atomic E-state index is 0. The molecule has 0 aliphatic heterocycles. The van der Waals surface area contributed by atoms with Crippen molar-refractivity contribution in [2.24, 2.45) is 22.7 Å². The van der Waals surface area contributed by atoms with E-state index in [0.717, 1.165) is 88.6 Å². The predicted molar refractivity (Wildman–Crippen MR) is 226 cm³/mol. The van der Waals surface area contributed by atoms with Gasteiger partial charge in [-0.05, 0) is 98.2 Å². The third-order valence-electron chi connectivity index (χ3n) is 11.6. The summed E-state index contributed by atoms with van der Waals surface area (Å²) in [4.78, 5) is 26.8. The Morgan fingerprint density at radius 1 is 0.818 bits per heavy atom. The van der Waals surface area contributed by atoms with Crippen LogP contribution in [0.1, 0.15) is 118 Å². The van der Waals surface area contributed by atoms with Crippen LogP contribution in [0.3, 0.4) is 0 Å². The van der Waals surface area contributed by atoms with E-state index >= 15 is 0 Å². The van der Waals surface area contributed by atoms with E-state index in [1.54, 1.807) is 0 Å². The van der Waals surface area contributed by atoms with Gasteiger partial charge in [0.15, 0.2) is 5.78 Å². The van der Waals surface area contributed by atoms with Crippen molar-refractivity contribution in [2.75, 3.05) is 0 Å². The fourth-order valence-electron chi connectivity index (χ4n) is 7.27. The normalized spacial score (nSPS) is 12.5. The molecule has 0 aliphatic carbocycles. The maximum atomic E-state index is 12.2. The van der Waals surface area contributed by atoms with Gasteiger partial charge in [-0.25, -0.2) is 9.97 Å². The molecule has 3 heterocycles. The van der Waals surface area contributed by atoms with Crippen molar-refractivity contribution in [3.8, 4) is 11.3 Å². The maximum Gasteiger partial charge on any atom is 0.216 e. The van der Waals surface area contributed by atoms with Gasteiger partial charge in [0, 0.05) is 59.2 Å². The first-order valence-corrected chi connectivity index (χ1v) is 20.0. The van der Waals surface area contributed by atoms with Gasteiger partial charge >= 0.3 is 0 Å². The van der Waals surface area contributed by atoms with Crippen molar-refractivity contribution in [1.82, 2.24) is 15.0 Å². The minimum Gasteiger partial charge on any atom is -0.512 e. The molecule has 0 saturated heterocycles. The first-order chi connectivity index (χ1) is 25.6. The first-order valence-electron chi connectivity index (χ1n) is 20.0. The summed E-state index contributed by atoms with van der Waals surface area (Å²) in [6.45, 7) is 25.2. The van der Waals surface area contributed by atoms with Crippen molar-refractivity contribution in [3.05, 3.63) is 89.1 Å². The van der Waals surface area contributed by atoms with Crippen LogP contribution < -0.4 is 0 Å². The molecular weight excluding hydrogens is 859 g/mol. The van der Waals surface area contributed by atoms with Crippen LogP contribution in [0.25, 0.3) is 55.0 Å². The van der Waals surface area contributed by atoms with Crippen LogP contribution in [0.15, 0.2) is 64.8 Å². The number of ketones is 1.